The molecule has 4 aromatic rings. The van der Waals surface area contributed by atoms with E-state index in [0.29, 0.717) is 36.4 Å². The van der Waals surface area contributed by atoms with E-state index in [2.05, 4.69) is 4.37 Å². The van der Waals surface area contributed by atoms with E-state index < -0.39 is 17.8 Å². The number of hydrogen-bond acceptors (Lipinski definition) is 4. The van der Waals surface area contributed by atoms with Crippen LogP contribution >= 0.6 is 11.5 Å². The molecule has 154 valence electrons. The van der Waals surface area contributed by atoms with Crippen LogP contribution in [0.15, 0.2) is 47.8 Å². The minimum absolute atomic E-state index is 0.146. The van der Waals surface area contributed by atoms with Gasteiger partial charge in [0.05, 0.1) is 17.2 Å². The second kappa shape index (κ2) is 6.82. The summed E-state index contributed by atoms with van der Waals surface area (Å²) in [4.78, 5) is 14.4. The molecular weight excluding hydrogens is 415 g/mol. The molecule has 3 heterocycles. The van der Waals surface area contributed by atoms with Crippen molar-refractivity contribution in [2.75, 3.05) is 13.1 Å². The molecule has 1 amide bonds. The van der Waals surface area contributed by atoms with Crippen LogP contribution in [0, 0.1) is 0 Å². The SMILES string of the molecule is O=C(c1ccc2c(c1)c1csnc1n2-c1ccc(C(F)(F)F)cc1)N1CC[C@@H](O)C1. The number of aromatic nitrogens is 2. The summed E-state index contributed by atoms with van der Waals surface area (Å²) in [5.41, 5.74) is 1.76. The van der Waals surface area contributed by atoms with Gasteiger partial charge in [0.15, 0.2) is 5.65 Å². The number of benzene rings is 2. The zero-order valence-electron chi connectivity index (χ0n) is 15.6. The van der Waals surface area contributed by atoms with Crippen LogP contribution in [0.5, 0.6) is 0 Å². The number of likely N-dealkylation sites (tertiary alicyclic amines) is 1. The number of fused-ring (bicyclic) bond motifs is 3. The molecule has 0 radical (unpaired) electrons. The Morgan fingerprint density at radius 3 is 2.57 bits per heavy atom. The van der Waals surface area contributed by atoms with Crippen LogP contribution in [0.25, 0.3) is 27.6 Å². The van der Waals surface area contributed by atoms with Gasteiger partial charge in [0.1, 0.15) is 0 Å². The molecule has 2 aromatic heterocycles. The van der Waals surface area contributed by atoms with Gasteiger partial charge in [-0.2, -0.15) is 17.5 Å². The fraction of sp³-hybridized carbons (Fsp3) is 0.238. The predicted molar refractivity (Wildman–Crippen MR) is 108 cm³/mol. The van der Waals surface area contributed by atoms with Crippen LogP contribution < -0.4 is 0 Å². The Labute approximate surface area is 173 Å². The molecule has 1 atom stereocenters. The summed E-state index contributed by atoms with van der Waals surface area (Å²) in [5, 5.41) is 13.2. The lowest BCUT2D eigenvalue weighted by Gasteiger charge is -2.15. The summed E-state index contributed by atoms with van der Waals surface area (Å²) in [5.74, 6) is -0.146. The maximum atomic E-state index is 12.9. The molecule has 5 rings (SSSR count). The Morgan fingerprint density at radius 2 is 1.90 bits per heavy atom. The molecule has 0 spiro atoms. The van der Waals surface area contributed by atoms with Gasteiger partial charge in [0.25, 0.3) is 5.91 Å². The number of nitrogens with zero attached hydrogens (tertiary/aromatic N) is 3. The maximum Gasteiger partial charge on any atom is 0.416 e. The molecule has 0 aliphatic carbocycles. The van der Waals surface area contributed by atoms with Gasteiger partial charge in [-0.25, -0.2) is 0 Å². The second-order valence-corrected chi connectivity index (χ2v) is 7.99. The highest BCUT2D eigenvalue weighted by Crippen LogP contribution is 2.35. The third-order valence-electron chi connectivity index (χ3n) is 5.44. The zero-order chi connectivity index (χ0) is 21.0. The number of alkyl halides is 3. The molecule has 2 aromatic carbocycles. The first-order chi connectivity index (χ1) is 14.3. The molecule has 30 heavy (non-hydrogen) atoms. The highest BCUT2D eigenvalue weighted by Gasteiger charge is 2.30. The lowest BCUT2D eigenvalue weighted by molar-refractivity contribution is -0.137. The van der Waals surface area contributed by atoms with Crippen molar-refractivity contribution in [3.63, 3.8) is 0 Å². The van der Waals surface area contributed by atoms with E-state index in [1.165, 1.54) is 23.7 Å². The number of hydrogen-bond donors (Lipinski definition) is 1. The van der Waals surface area contributed by atoms with Gasteiger partial charge >= 0.3 is 6.18 Å². The number of carbonyl (C=O) groups is 1. The summed E-state index contributed by atoms with van der Waals surface area (Å²) < 4.78 is 45.0. The van der Waals surface area contributed by atoms with Gasteiger partial charge in [0.2, 0.25) is 0 Å². The van der Waals surface area contributed by atoms with Crippen molar-refractivity contribution < 1.29 is 23.1 Å². The first-order valence-electron chi connectivity index (χ1n) is 9.36. The van der Waals surface area contributed by atoms with Gasteiger partial charge in [-0.3, -0.25) is 9.36 Å². The van der Waals surface area contributed by atoms with E-state index in [9.17, 15) is 23.1 Å². The summed E-state index contributed by atoms with van der Waals surface area (Å²) >= 11 is 1.25. The Morgan fingerprint density at radius 1 is 1.13 bits per heavy atom. The van der Waals surface area contributed by atoms with Gasteiger partial charge < -0.3 is 10.0 Å². The van der Waals surface area contributed by atoms with Crippen molar-refractivity contribution in [1.82, 2.24) is 13.8 Å². The number of aliphatic hydroxyl groups excluding tert-OH is 1. The molecule has 1 saturated heterocycles. The Hall–Kier alpha value is -2.91. The summed E-state index contributed by atoms with van der Waals surface area (Å²) in [6, 6.07) is 10.2. The molecule has 0 bridgehead atoms. The van der Waals surface area contributed by atoms with Crippen molar-refractivity contribution in [3.05, 3.63) is 59.0 Å². The lowest BCUT2D eigenvalue weighted by Crippen LogP contribution is -2.29. The molecule has 9 heteroatoms. The Kier molecular flexibility index (Phi) is 4.33. The molecule has 1 N–H and O–H groups in total. The van der Waals surface area contributed by atoms with Crippen LogP contribution in [0.1, 0.15) is 22.3 Å². The van der Waals surface area contributed by atoms with E-state index in [4.69, 9.17) is 0 Å². The number of β-amino-alcohol motifs (C(OH)–C–C–N with tert-alkyl or cyclic N) is 1. The minimum Gasteiger partial charge on any atom is -0.391 e. The van der Waals surface area contributed by atoms with E-state index >= 15 is 0 Å². The average molecular weight is 431 g/mol. The van der Waals surface area contributed by atoms with E-state index in [1.807, 2.05) is 5.38 Å². The largest absolute Gasteiger partial charge is 0.416 e. The van der Waals surface area contributed by atoms with E-state index in [-0.39, 0.29) is 5.91 Å². The van der Waals surface area contributed by atoms with Crippen LogP contribution in [-0.2, 0) is 6.18 Å². The third-order valence-corrected chi connectivity index (χ3v) is 6.06. The number of halogens is 3. The standard InChI is InChI=1S/C21H16F3N3O2S/c22-21(23,24)13-2-4-14(5-3-13)27-18-6-1-12(20(29)26-8-7-15(28)10-26)9-16(18)17-11-30-25-19(17)27/h1-6,9,11,15,28H,7-8,10H2/t15-/m1/s1. The van der Waals surface area contributed by atoms with Crippen LogP contribution in [-0.4, -0.2) is 44.0 Å². The van der Waals surface area contributed by atoms with Crippen molar-refractivity contribution in [2.24, 2.45) is 0 Å². The molecule has 1 aliphatic heterocycles. The Bertz CT molecular complexity index is 1260. The third kappa shape index (κ3) is 3.05. The molecule has 0 saturated carbocycles. The number of carbonyl (C=O) groups excluding carboxylic acids is 1. The van der Waals surface area contributed by atoms with Crippen LogP contribution in [0.3, 0.4) is 0 Å². The fourth-order valence-corrected chi connectivity index (χ4v) is 4.61. The van der Waals surface area contributed by atoms with Crippen LogP contribution in [0.4, 0.5) is 13.2 Å². The van der Waals surface area contributed by atoms with Crippen molar-refractivity contribution >= 4 is 39.4 Å². The summed E-state index contributed by atoms with van der Waals surface area (Å²) in [7, 11) is 0. The first-order valence-corrected chi connectivity index (χ1v) is 10.2. The van der Waals surface area contributed by atoms with Crippen molar-refractivity contribution in [3.8, 4) is 5.69 Å². The minimum atomic E-state index is -4.40. The molecule has 5 nitrogen and oxygen atoms in total. The second-order valence-electron chi connectivity index (χ2n) is 7.36. The zero-order valence-corrected chi connectivity index (χ0v) is 16.4. The molecular formula is C21H16F3N3O2S. The van der Waals surface area contributed by atoms with Gasteiger partial charge in [-0.1, -0.05) is 0 Å². The topological polar surface area (TPSA) is 58.4 Å². The number of aliphatic hydroxyl groups is 1. The Balaban J connectivity index is 1.61. The molecule has 1 aliphatic rings. The van der Waals surface area contributed by atoms with Crippen molar-refractivity contribution in [1.29, 1.82) is 0 Å². The van der Waals surface area contributed by atoms with Gasteiger partial charge in [-0.15, -0.1) is 0 Å². The highest BCUT2D eigenvalue weighted by molar-refractivity contribution is 7.05. The smallest absolute Gasteiger partial charge is 0.391 e. The summed E-state index contributed by atoms with van der Waals surface area (Å²) in [6.45, 7) is 0.832. The highest BCUT2D eigenvalue weighted by atomic mass is 32.1. The lowest BCUT2D eigenvalue weighted by atomic mass is 10.1. The van der Waals surface area contributed by atoms with Gasteiger partial charge in [-0.05, 0) is 60.4 Å². The maximum absolute atomic E-state index is 12.9. The van der Waals surface area contributed by atoms with E-state index in [0.717, 1.165) is 28.4 Å². The quantitative estimate of drug-likeness (QED) is 0.510. The van der Waals surface area contributed by atoms with Crippen molar-refractivity contribution in [2.45, 2.75) is 18.7 Å². The number of rotatable bonds is 2. The molecule has 0 unspecified atom stereocenters. The predicted octanol–water partition coefficient (Wildman–Crippen LogP) is 4.47. The van der Waals surface area contributed by atoms with Crippen LogP contribution in [0.2, 0.25) is 0 Å². The van der Waals surface area contributed by atoms with Gasteiger partial charge in [0, 0.05) is 40.5 Å². The normalized spacial score (nSPS) is 17.3. The summed E-state index contributed by atoms with van der Waals surface area (Å²) in [6.07, 6.45) is -4.32. The van der Waals surface area contributed by atoms with E-state index in [1.54, 1.807) is 27.7 Å². The molecule has 1 fully saturated rings. The number of amides is 1. The first kappa shape index (κ1) is 19.1. The fourth-order valence-electron chi connectivity index (χ4n) is 3.94. The average Bonchev–Trinajstić information content (AvgIpc) is 3.42. The monoisotopic (exact) mass is 431 g/mol.